The molecule has 9 heteroatoms. The summed E-state index contributed by atoms with van der Waals surface area (Å²) in [6.45, 7) is 8.81. The second-order valence-corrected chi connectivity index (χ2v) is 7.43. The maximum absolute atomic E-state index is 12.2. The molecule has 0 bridgehead atoms. The number of pyridine rings is 1. The van der Waals surface area contributed by atoms with E-state index in [-0.39, 0.29) is 29.9 Å². The van der Waals surface area contributed by atoms with E-state index in [1.165, 1.54) is 5.69 Å². The van der Waals surface area contributed by atoms with Gasteiger partial charge in [-0.2, -0.15) is 0 Å². The van der Waals surface area contributed by atoms with Crippen molar-refractivity contribution >= 4 is 47.3 Å². The first-order chi connectivity index (χ1) is 15.1. The van der Waals surface area contributed by atoms with E-state index in [1.54, 1.807) is 13.3 Å². The Kier molecular flexibility index (Phi) is 10.5. The highest BCUT2D eigenvalue weighted by molar-refractivity contribution is 14.0. The van der Waals surface area contributed by atoms with Crippen LogP contribution in [0.3, 0.4) is 0 Å². The predicted octanol–water partition coefficient (Wildman–Crippen LogP) is 3.13. The number of piperazine rings is 1. The molecule has 1 aliphatic heterocycles. The number of hydrogen-bond acceptors (Lipinski definition) is 5. The van der Waals surface area contributed by atoms with E-state index in [1.807, 2.05) is 31.2 Å². The zero-order valence-corrected chi connectivity index (χ0v) is 21.3. The van der Waals surface area contributed by atoms with Crippen molar-refractivity contribution in [3.63, 3.8) is 0 Å². The van der Waals surface area contributed by atoms with Crippen LogP contribution >= 0.6 is 24.0 Å². The summed E-state index contributed by atoms with van der Waals surface area (Å²) in [5.41, 5.74) is 2.26. The van der Waals surface area contributed by atoms with E-state index < -0.39 is 0 Å². The summed E-state index contributed by atoms with van der Waals surface area (Å²) < 4.78 is 5.24. The molecule has 0 unspecified atom stereocenters. The maximum atomic E-state index is 12.2. The number of methoxy groups -OCH3 is 1. The number of ether oxygens (including phenoxy) is 1. The minimum absolute atomic E-state index is 0. The zero-order chi connectivity index (χ0) is 22.1. The molecule has 3 rings (SSSR count). The average molecular weight is 552 g/mol. The van der Waals surface area contributed by atoms with E-state index >= 15 is 0 Å². The Hall–Kier alpha value is -2.56. The Morgan fingerprint density at radius 3 is 2.44 bits per heavy atom. The van der Waals surface area contributed by atoms with E-state index in [0.717, 1.165) is 50.0 Å². The SMILES string of the molecule is CCNC(=NCCC(=O)Nc1ccc(C)cn1)N1CCN(c2ccc(OC)cc2)CC1.I. The Labute approximate surface area is 207 Å². The molecule has 1 fully saturated rings. The summed E-state index contributed by atoms with van der Waals surface area (Å²) in [4.78, 5) is 25.7. The van der Waals surface area contributed by atoms with Gasteiger partial charge < -0.3 is 25.2 Å². The van der Waals surface area contributed by atoms with Crippen LogP contribution in [0.25, 0.3) is 0 Å². The highest BCUT2D eigenvalue weighted by Crippen LogP contribution is 2.20. The van der Waals surface area contributed by atoms with Crippen LogP contribution in [-0.4, -0.2) is 68.1 Å². The van der Waals surface area contributed by atoms with Gasteiger partial charge in [-0.25, -0.2) is 4.98 Å². The molecule has 1 aromatic heterocycles. The van der Waals surface area contributed by atoms with Crippen molar-refractivity contribution in [2.45, 2.75) is 20.3 Å². The third-order valence-corrected chi connectivity index (χ3v) is 5.13. The van der Waals surface area contributed by atoms with Gasteiger partial charge in [-0.1, -0.05) is 6.07 Å². The number of halogens is 1. The van der Waals surface area contributed by atoms with Gasteiger partial charge in [-0.05, 0) is 49.7 Å². The molecular formula is C23H33IN6O2. The number of amides is 1. The Bertz CT molecular complexity index is 865. The monoisotopic (exact) mass is 552 g/mol. The van der Waals surface area contributed by atoms with Gasteiger partial charge in [0, 0.05) is 51.0 Å². The van der Waals surface area contributed by atoms with E-state index in [0.29, 0.717) is 18.8 Å². The van der Waals surface area contributed by atoms with Crippen LogP contribution in [0.4, 0.5) is 11.5 Å². The zero-order valence-electron chi connectivity index (χ0n) is 19.0. The second kappa shape index (κ2) is 13.1. The number of anilines is 2. The molecule has 0 saturated carbocycles. The Morgan fingerprint density at radius 2 is 1.84 bits per heavy atom. The fraction of sp³-hybridized carbons (Fsp3) is 0.435. The topological polar surface area (TPSA) is 82.1 Å². The minimum Gasteiger partial charge on any atom is -0.497 e. The van der Waals surface area contributed by atoms with Crippen LogP contribution in [0.5, 0.6) is 5.75 Å². The first-order valence-corrected chi connectivity index (χ1v) is 10.7. The average Bonchev–Trinajstić information content (AvgIpc) is 2.80. The smallest absolute Gasteiger partial charge is 0.227 e. The highest BCUT2D eigenvalue weighted by atomic mass is 127. The lowest BCUT2D eigenvalue weighted by molar-refractivity contribution is -0.116. The van der Waals surface area contributed by atoms with Gasteiger partial charge in [-0.15, -0.1) is 24.0 Å². The summed E-state index contributed by atoms with van der Waals surface area (Å²) in [5.74, 6) is 2.21. The number of guanidine groups is 1. The van der Waals surface area contributed by atoms with Crippen molar-refractivity contribution < 1.29 is 9.53 Å². The van der Waals surface area contributed by atoms with Crippen molar-refractivity contribution in [3.05, 3.63) is 48.2 Å². The van der Waals surface area contributed by atoms with Gasteiger partial charge in [0.15, 0.2) is 5.96 Å². The highest BCUT2D eigenvalue weighted by Gasteiger charge is 2.20. The number of benzene rings is 1. The maximum Gasteiger partial charge on any atom is 0.227 e. The second-order valence-electron chi connectivity index (χ2n) is 7.43. The van der Waals surface area contributed by atoms with E-state index in [2.05, 4.69) is 49.5 Å². The van der Waals surface area contributed by atoms with Crippen LogP contribution in [-0.2, 0) is 4.79 Å². The van der Waals surface area contributed by atoms with Crippen molar-refractivity contribution in [1.29, 1.82) is 0 Å². The Balaban J connectivity index is 0.00000363. The van der Waals surface area contributed by atoms with Crippen molar-refractivity contribution in [3.8, 4) is 5.75 Å². The Morgan fingerprint density at radius 1 is 1.12 bits per heavy atom. The third-order valence-electron chi connectivity index (χ3n) is 5.13. The summed E-state index contributed by atoms with van der Waals surface area (Å²) in [5, 5.41) is 6.17. The summed E-state index contributed by atoms with van der Waals surface area (Å²) in [6.07, 6.45) is 2.05. The minimum atomic E-state index is -0.0831. The predicted molar refractivity (Wildman–Crippen MR) is 140 cm³/mol. The van der Waals surface area contributed by atoms with Gasteiger partial charge >= 0.3 is 0 Å². The molecule has 0 spiro atoms. The number of carbonyl (C=O) groups excluding carboxylic acids is 1. The van der Waals surface area contributed by atoms with Crippen molar-refractivity contribution in [1.82, 2.24) is 15.2 Å². The molecule has 0 atom stereocenters. The molecule has 32 heavy (non-hydrogen) atoms. The normalized spacial score (nSPS) is 13.9. The standard InChI is InChI=1S/C23H32N6O2.HI/c1-4-24-23(25-12-11-22(30)27-21-10-5-18(2)17-26-21)29-15-13-28(14-16-29)19-6-8-20(31-3)9-7-19;/h5-10,17H,4,11-16H2,1-3H3,(H,24,25)(H,26,27,30);1H. The van der Waals surface area contributed by atoms with Crippen LogP contribution < -0.4 is 20.3 Å². The van der Waals surface area contributed by atoms with E-state index in [4.69, 9.17) is 4.74 Å². The molecule has 1 aliphatic rings. The number of aromatic nitrogens is 1. The summed E-state index contributed by atoms with van der Waals surface area (Å²) in [6, 6.07) is 11.9. The fourth-order valence-electron chi connectivity index (χ4n) is 3.41. The quantitative estimate of drug-likeness (QED) is 0.312. The van der Waals surface area contributed by atoms with Crippen LogP contribution in [0, 0.1) is 6.92 Å². The number of aliphatic imine (C=N–C) groups is 1. The number of nitrogens with zero attached hydrogens (tertiary/aromatic N) is 4. The van der Waals surface area contributed by atoms with Crippen LogP contribution in [0.1, 0.15) is 18.9 Å². The summed E-state index contributed by atoms with van der Waals surface area (Å²) >= 11 is 0. The molecule has 174 valence electrons. The number of aryl methyl sites for hydroxylation is 1. The first kappa shape index (κ1) is 25.7. The van der Waals surface area contributed by atoms with E-state index in [9.17, 15) is 4.79 Å². The van der Waals surface area contributed by atoms with Gasteiger partial charge in [-0.3, -0.25) is 9.79 Å². The first-order valence-electron chi connectivity index (χ1n) is 10.7. The third kappa shape index (κ3) is 7.54. The molecule has 1 saturated heterocycles. The molecule has 1 amide bonds. The van der Waals surface area contributed by atoms with Gasteiger partial charge in [0.2, 0.25) is 5.91 Å². The fourth-order valence-corrected chi connectivity index (χ4v) is 3.41. The van der Waals surface area contributed by atoms with Gasteiger partial charge in [0.05, 0.1) is 13.7 Å². The lowest BCUT2D eigenvalue weighted by atomic mass is 10.2. The number of carbonyl (C=O) groups is 1. The molecule has 1 aromatic carbocycles. The molecule has 0 radical (unpaired) electrons. The summed E-state index contributed by atoms with van der Waals surface area (Å²) in [7, 11) is 1.68. The van der Waals surface area contributed by atoms with Crippen molar-refractivity contribution in [2.24, 2.45) is 4.99 Å². The van der Waals surface area contributed by atoms with Crippen molar-refractivity contribution in [2.75, 3.05) is 56.6 Å². The van der Waals surface area contributed by atoms with Crippen LogP contribution in [0.2, 0.25) is 0 Å². The number of rotatable bonds is 7. The molecule has 0 aliphatic carbocycles. The van der Waals surface area contributed by atoms with Crippen LogP contribution in [0.15, 0.2) is 47.6 Å². The molecule has 8 nitrogen and oxygen atoms in total. The lowest BCUT2D eigenvalue weighted by Gasteiger charge is -2.37. The molecule has 2 aromatic rings. The lowest BCUT2D eigenvalue weighted by Crippen LogP contribution is -2.52. The largest absolute Gasteiger partial charge is 0.497 e. The van der Waals surface area contributed by atoms with Gasteiger partial charge in [0.25, 0.3) is 0 Å². The molecule has 2 heterocycles. The number of hydrogen-bond donors (Lipinski definition) is 2. The molecular weight excluding hydrogens is 519 g/mol. The van der Waals surface area contributed by atoms with Gasteiger partial charge in [0.1, 0.15) is 11.6 Å². The molecule has 2 N–H and O–H groups in total. The number of nitrogens with one attached hydrogen (secondary N) is 2.